The number of hydrogen-bond donors (Lipinski definition) is 1. The molecule has 0 spiro atoms. The van der Waals surface area contributed by atoms with Gasteiger partial charge < -0.3 is 10.5 Å². The summed E-state index contributed by atoms with van der Waals surface area (Å²) in [5.41, 5.74) is 7.10. The Kier molecular flexibility index (Phi) is 3.51. The van der Waals surface area contributed by atoms with Gasteiger partial charge in [-0.2, -0.15) is 0 Å². The van der Waals surface area contributed by atoms with E-state index in [4.69, 9.17) is 10.5 Å². The zero-order chi connectivity index (χ0) is 10.6. The van der Waals surface area contributed by atoms with Gasteiger partial charge in [-0.05, 0) is 25.5 Å². The molecule has 3 heteroatoms. The second kappa shape index (κ2) is 4.65. The Morgan fingerprint density at radius 1 is 1.50 bits per heavy atom. The monoisotopic (exact) mass is 193 g/mol. The summed E-state index contributed by atoms with van der Waals surface area (Å²) in [6, 6.07) is 5.74. The van der Waals surface area contributed by atoms with Crippen LogP contribution in [0.4, 0.5) is 0 Å². The van der Waals surface area contributed by atoms with Gasteiger partial charge in [0.25, 0.3) is 0 Å². The number of carbonyl (C=O) groups excluding carboxylic acids is 1. The predicted octanol–water partition coefficient (Wildman–Crippen LogP) is 1.42. The van der Waals surface area contributed by atoms with E-state index in [-0.39, 0.29) is 12.3 Å². The number of carbonyl (C=O) groups is 1. The van der Waals surface area contributed by atoms with Crippen LogP contribution >= 0.6 is 0 Å². The zero-order valence-electron chi connectivity index (χ0n) is 8.54. The number of nitrogens with two attached hydrogens (primary N) is 1. The first-order valence-corrected chi connectivity index (χ1v) is 4.64. The van der Waals surface area contributed by atoms with Crippen LogP contribution in [0.5, 0.6) is 5.75 Å². The number of aryl methyl sites for hydroxylation is 1. The van der Waals surface area contributed by atoms with Gasteiger partial charge in [0.15, 0.2) is 0 Å². The molecule has 0 fully saturated rings. The molecule has 1 aromatic carbocycles. The minimum absolute atomic E-state index is 0.232. The molecule has 14 heavy (non-hydrogen) atoms. The summed E-state index contributed by atoms with van der Waals surface area (Å²) in [5, 5.41) is 0. The average Bonchev–Trinajstić information content (AvgIpc) is 2.09. The number of primary amides is 1. The van der Waals surface area contributed by atoms with E-state index in [0.29, 0.717) is 6.61 Å². The van der Waals surface area contributed by atoms with Gasteiger partial charge >= 0.3 is 0 Å². The maximum atomic E-state index is 10.8. The maximum absolute atomic E-state index is 10.8. The van der Waals surface area contributed by atoms with Crippen LogP contribution in [0.15, 0.2) is 18.2 Å². The Labute approximate surface area is 83.9 Å². The topological polar surface area (TPSA) is 52.3 Å². The third kappa shape index (κ3) is 2.76. The molecule has 0 atom stereocenters. The molecule has 76 valence electrons. The largest absolute Gasteiger partial charge is 0.494 e. The van der Waals surface area contributed by atoms with Crippen LogP contribution in [-0.2, 0) is 11.2 Å². The fourth-order valence-corrected chi connectivity index (χ4v) is 1.29. The number of benzene rings is 1. The Bertz CT molecular complexity index is 334. The molecule has 1 amide bonds. The lowest BCUT2D eigenvalue weighted by atomic mass is 10.1. The van der Waals surface area contributed by atoms with Crippen LogP contribution < -0.4 is 10.5 Å². The standard InChI is InChI=1S/C11H15NO2/c1-3-14-10-6-8(2)4-5-9(10)7-11(12)13/h4-6H,3,7H2,1-2H3,(H2,12,13). The van der Waals surface area contributed by atoms with Crippen molar-refractivity contribution in [1.29, 1.82) is 0 Å². The molecular weight excluding hydrogens is 178 g/mol. The second-order valence-corrected chi connectivity index (χ2v) is 3.19. The van der Waals surface area contributed by atoms with E-state index in [9.17, 15) is 4.79 Å². The highest BCUT2D eigenvalue weighted by molar-refractivity contribution is 5.77. The van der Waals surface area contributed by atoms with E-state index in [1.807, 2.05) is 32.0 Å². The second-order valence-electron chi connectivity index (χ2n) is 3.19. The highest BCUT2D eigenvalue weighted by Gasteiger charge is 2.06. The van der Waals surface area contributed by atoms with Crippen molar-refractivity contribution in [3.63, 3.8) is 0 Å². The van der Waals surface area contributed by atoms with Gasteiger partial charge in [0.1, 0.15) is 5.75 Å². The molecule has 3 nitrogen and oxygen atoms in total. The van der Waals surface area contributed by atoms with Crippen molar-refractivity contribution in [2.45, 2.75) is 20.3 Å². The normalized spacial score (nSPS) is 9.86. The minimum atomic E-state index is -0.338. The van der Waals surface area contributed by atoms with E-state index in [1.165, 1.54) is 0 Å². The van der Waals surface area contributed by atoms with Crippen LogP contribution in [0.2, 0.25) is 0 Å². The lowest BCUT2D eigenvalue weighted by Gasteiger charge is -2.09. The molecule has 0 aliphatic carbocycles. The van der Waals surface area contributed by atoms with E-state index < -0.39 is 0 Å². The molecule has 0 aliphatic heterocycles. The van der Waals surface area contributed by atoms with Crippen LogP contribution in [0.1, 0.15) is 18.1 Å². The number of ether oxygens (including phenoxy) is 1. The highest BCUT2D eigenvalue weighted by Crippen LogP contribution is 2.20. The molecule has 0 saturated carbocycles. The van der Waals surface area contributed by atoms with Gasteiger partial charge in [-0.1, -0.05) is 12.1 Å². The molecule has 2 N–H and O–H groups in total. The van der Waals surface area contributed by atoms with Gasteiger partial charge in [0.2, 0.25) is 5.91 Å². The lowest BCUT2D eigenvalue weighted by Crippen LogP contribution is -2.14. The van der Waals surface area contributed by atoms with Crippen LogP contribution in [0.25, 0.3) is 0 Å². The Hall–Kier alpha value is -1.51. The van der Waals surface area contributed by atoms with Crippen molar-refractivity contribution in [3.8, 4) is 5.75 Å². The maximum Gasteiger partial charge on any atom is 0.221 e. The quantitative estimate of drug-likeness (QED) is 0.786. The molecule has 1 rings (SSSR count). The van der Waals surface area contributed by atoms with Crippen molar-refractivity contribution >= 4 is 5.91 Å². The summed E-state index contributed by atoms with van der Waals surface area (Å²) in [6.45, 7) is 4.49. The first kappa shape index (κ1) is 10.6. The molecule has 0 saturated heterocycles. The third-order valence-corrected chi connectivity index (χ3v) is 1.89. The fourth-order valence-electron chi connectivity index (χ4n) is 1.29. The average molecular weight is 193 g/mol. The number of amides is 1. The van der Waals surface area contributed by atoms with Crippen LogP contribution in [0.3, 0.4) is 0 Å². The minimum Gasteiger partial charge on any atom is -0.494 e. The highest BCUT2D eigenvalue weighted by atomic mass is 16.5. The van der Waals surface area contributed by atoms with Gasteiger partial charge in [0, 0.05) is 5.56 Å². The SMILES string of the molecule is CCOc1cc(C)ccc1CC(N)=O. The summed E-state index contributed by atoms with van der Waals surface area (Å²) in [4.78, 5) is 10.8. The lowest BCUT2D eigenvalue weighted by molar-refractivity contribution is -0.117. The molecule has 0 aliphatic rings. The van der Waals surface area contributed by atoms with E-state index in [0.717, 1.165) is 16.9 Å². The summed E-state index contributed by atoms with van der Waals surface area (Å²) < 4.78 is 5.41. The van der Waals surface area contributed by atoms with E-state index in [1.54, 1.807) is 0 Å². The summed E-state index contributed by atoms with van der Waals surface area (Å²) >= 11 is 0. The molecule has 0 bridgehead atoms. The van der Waals surface area contributed by atoms with Crippen molar-refractivity contribution in [3.05, 3.63) is 29.3 Å². The predicted molar refractivity (Wildman–Crippen MR) is 55.2 cm³/mol. The van der Waals surface area contributed by atoms with Gasteiger partial charge in [-0.25, -0.2) is 0 Å². The molecule has 0 radical (unpaired) electrons. The zero-order valence-corrected chi connectivity index (χ0v) is 8.54. The Morgan fingerprint density at radius 3 is 2.79 bits per heavy atom. The Morgan fingerprint density at radius 2 is 2.21 bits per heavy atom. The number of rotatable bonds is 4. The van der Waals surface area contributed by atoms with Gasteiger partial charge in [0.05, 0.1) is 13.0 Å². The first-order chi connectivity index (χ1) is 6.63. The van der Waals surface area contributed by atoms with Crippen molar-refractivity contribution in [1.82, 2.24) is 0 Å². The van der Waals surface area contributed by atoms with Crippen molar-refractivity contribution in [2.75, 3.05) is 6.61 Å². The van der Waals surface area contributed by atoms with Crippen LogP contribution in [-0.4, -0.2) is 12.5 Å². The van der Waals surface area contributed by atoms with E-state index >= 15 is 0 Å². The summed E-state index contributed by atoms with van der Waals surface area (Å²) in [6.07, 6.45) is 0.232. The number of hydrogen-bond acceptors (Lipinski definition) is 2. The molecular formula is C11H15NO2. The van der Waals surface area contributed by atoms with Gasteiger partial charge in [-0.15, -0.1) is 0 Å². The van der Waals surface area contributed by atoms with Gasteiger partial charge in [-0.3, -0.25) is 4.79 Å². The summed E-state index contributed by atoms with van der Waals surface area (Å²) in [5.74, 6) is 0.418. The van der Waals surface area contributed by atoms with E-state index in [2.05, 4.69) is 0 Å². The molecule has 0 aromatic heterocycles. The molecule has 0 heterocycles. The summed E-state index contributed by atoms with van der Waals surface area (Å²) in [7, 11) is 0. The first-order valence-electron chi connectivity index (χ1n) is 4.64. The molecule has 0 unspecified atom stereocenters. The molecule has 1 aromatic rings. The third-order valence-electron chi connectivity index (χ3n) is 1.89. The smallest absolute Gasteiger partial charge is 0.221 e. The van der Waals surface area contributed by atoms with Crippen molar-refractivity contribution in [2.24, 2.45) is 5.73 Å². The fraction of sp³-hybridized carbons (Fsp3) is 0.364. The van der Waals surface area contributed by atoms with Crippen LogP contribution in [0, 0.1) is 6.92 Å². The Balaban J connectivity index is 2.95. The van der Waals surface area contributed by atoms with Crippen molar-refractivity contribution < 1.29 is 9.53 Å².